The maximum atomic E-state index is 13.8. The molecule has 0 heterocycles. The van der Waals surface area contributed by atoms with Crippen LogP contribution in [0, 0.1) is 11.6 Å². The van der Waals surface area contributed by atoms with Crippen LogP contribution in [0.1, 0.15) is 31.2 Å². The molecule has 0 spiro atoms. The Morgan fingerprint density at radius 3 is 2.41 bits per heavy atom. The predicted molar refractivity (Wildman–Crippen MR) is 58.6 cm³/mol. The van der Waals surface area contributed by atoms with E-state index < -0.39 is 23.0 Å². The number of anilines is 1. The Balaban J connectivity index is 2.66. The Labute approximate surface area is 97.2 Å². The summed E-state index contributed by atoms with van der Waals surface area (Å²) in [6.45, 7) is 0. The molecule has 0 aromatic heterocycles. The maximum Gasteiger partial charge on any atom is 0.314 e. The van der Waals surface area contributed by atoms with E-state index in [-0.39, 0.29) is 11.3 Å². The molecule has 3 nitrogen and oxygen atoms in total. The van der Waals surface area contributed by atoms with Crippen molar-refractivity contribution in [3.63, 3.8) is 0 Å². The highest BCUT2D eigenvalue weighted by atomic mass is 19.2. The zero-order chi connectivity index (χ0) is 12.6. The van der Waals surface area contributed by atoms with Gasteiger partial charge in [0.05, 0.1) is 5.41 Å². The van der Waals surface area contributed by atoms with Crippen LogP contribution in [-0.4, -0.2) is 11.1 Å². The molecule has 1 fully saturated rings. The molecule has 0 unspecified atom stereocenters. The highest BCUT2D eigenvalue weighted by Gasteiger charge is 2.46. The summed E-state index contributed by atoms with van der Waals surface area (Å²) in [7, 11) is 0. The van der Waals surface area contributed by atoms with Crippen LogP contribution in [-0.2, 0) is 10.2 Å². The number of nitrogen functional groups attached to an aromatic ring is 1. The summed E-state index contributed by atoms with van der Waals surface area (Å²) in [5.41, 5.74) is 4.07. The number of halogens is 2. The van der Waals surface area contributed by atoms with Crippen molar-refractivity contribution in [3.8, 4) is 0 Å². The van der Waals surface area contributed by atoms with E-state index in [0.717, 1.165) is 6.07 Å². The summed E-state index contributed by atoms with van der Waals surface area (Å²) in [5.74, 6) is -3.32. The lowest BCUT2D eigenvalue weighted by Gasteiger charge is -2.26. The fourth-order valence-corrected chi connectivity index (χ4v) is 2.60. The van der Waals surface area contributed by atoms with Gasteiger partial charge in [-0.3, -0.25) is 4.79 Å². The minimum absolute atomic E-state index is 0.00759. The molecule has 1 aliphatic carbocycles. The predicted octanol–water partition coefficient (Wildman–Crippen LogP) is 2.44. The number of nitrogens with two attached hydrogens (primary N) is 1. The Bertz CT molecular complexity index is 468. The van der Waals surface area contributed by atoms with Gasteiger partial charge in [-0.1, -0.05) is 12.8 Å². The molecule has 1 aliphatic rings. The SMILES string of the molecule is Nc1ccc(F)c(F)c1C1(C(=O)O)CCCC1. The number of aliphatic carboxylic acids is 1. The third-order valence-corrected chi connectivity index (χ3v) is 3.47. The van der Waals surface area contributed by atoms with Gasteiger partial charge in [0, 0.05) is 11.3 Å². The molecular weight excluding hydrogens is 228 g/mol. The minimum atomic E-state index is -1.36. The Morgan fingerprint density at radius 2 is 1.88 bits per heavy atom. The first-order valence-electron chi connectivity index (χ1n) is 5.46. The van der Waals surface area contributed by atoms with Crippen LogP contribution < -0.4 is 5.73 Å². The molecule has 1 aromatic carbocycles. The van der Waals surface area contributed by atoms with Gasteiger partial charge >= 0.3 is 5.97 Å². The third-order valence-electron chi connectivity index (χ3n) is 3.47. The van der Waals surface area contributed by atoms with Crippen LogP contribution in [0.3, 0.4) is 0 Å². The van der Waals surface area contributed by atoms with Gasteiger partial charge in [-0.05, 0) is 25.0 Å². The van der Waals surface area contributed by atoms with Crippen LogP contribution in [0.15, 0.2) is 12.1 Å². The number of hydrogen-bond acceptors (Lipinski definition) is 2. The third kappa shape index (κ3) is 1.66. The fourth-order valence-electron chi connectivity index (χ4n) is 2.60. The van der Waals surface area contributed by atoms with Crippen molar-refractivity contribution in [1.29, 1.82) is 0 Å². The van der Waals surface area contributed by atoms with Gasteiger partial charge in [0.1, 0.15) is 0 Å². The molecule has 0 amide bonds. The van der Waals surface area contributed by atoms with Gasteiger partial charge in [-0.15, -0.1) is 0 Å². The molecule has 1 aromatic rings. The van der Waals surface area contributed by atoms with Crippen molar-refractivity contribution in [2.24, 2.45) is 0 Å². The summed E-state index contributed by atoms with van der Waals surface area (Å²) in [6, 6.07) is 2.13. The molecule has 0 atom stereocenters. The lowest BCUT2D eigenvalue weighted by molar-refractivity contribution is -0.143. The van der Waals surface area contributed by atoms with Gasteiger partial charge in [0.15, 0.2) is 11.6 Å². The number of carbonyl (C=O) groups is 1. The number of rotatable bonds is 2. The highest BCUT2D eigenvalue weighted by molar-refractivity contribution is 5.84. The number of hydrogen-bond donors (Lipinski definition) is 2. The van der Waals surface area contributed by atoms with E-state index in [9.17, 15) is 18.7 Å². The second kappa shape index (κ2) is 3.98. The summed E-state index contributed by atoms with van der Waals surface area (Å²) in [5, 5.41) is 9.31. The summed E-state index contributed by atoms with van der Waals surface area (Å²) in [6.07, 6.45) is 1.96. The van der Waals surface area contributed by atoms with E-state index in [1.165, 1.54) is 6.07 Å². The van der Waals surface area contributed by atoms with E-state index in [2.05, 4.69) is 0 Å². The molecule has 5 heteroatoms. The van der Waals surface area contributed by atoms with Crippen LogP contribution in [0.5, 0.6) is 0 Å². The molecular formula is C12H13F2NO2. The van der Waals surface area contributed by atoms with Crippen LogP contribution in [0.2, 0.25) is 0 Å². The van der Waals surface area contributed by atoms with E-state index in [4.69, 9.17) is 5.73 Å². The molecule has 92 valence electrons. The van der Waals surface area contributed by atoms with E-state index in [1.807, 2.05) is 0 Å². The van der Waals surface area contributed by atoms with Crippen molar-refractivity contribution in [2.45, 2.75) is 31.1 Å². The summed E-state index contributed by atoms with van der Waals surface area (Å²) < 4.78 is 27.0. The summed E-state index contributed by atoms with van der Waals surface area (Å²) in [4.78, 5) is 11.4. The van der Waals surface area contributed by atoms with E-state index in [0.29, 0.717) is 25.7 Å². The Kier molecular flexibility index (Phi) is 2.77. The maximum absolute atomic E-state index is 13.8. The van der Waals surface area contributed by atoms with Gasteiger partial charge < -0.3 is 10.8 Å². The van der Waals surface area contributed by atoms with Crippen molar-refractivity contribution in [1.82, 2.24) is 0 Å². The van der Waals surface area contributed by atoms with E-state index in [1.54, 1.807) is 0 Å². The zero-order valence-corrected chi connectivity index (χ0v) is 9.17. The highest BCUT2D eigenvalue weighted by Crippen LogP contribution is 2.45. The van der Waals surface area contributed by atoms with Crippen molar-refractivity contribution in [3.05, 3.63) is 29.3 Å². The first-order chi connectivity index (χ1) is 7.99. The van der Waals surface area contributed by atoms with Gasteiger partial charge in [0.2, 0.25) is 0 Å². The molecule has 3 N–H and O–H groups in total. The van der Waals surface area contributed by atoms with Crippen molar-refractivity contribution < 1.29 is 18.7 Å². The quantitative estimate of drug-likeness (QED) is 0.782. The standard InChI is InChI=1S/C12H13F2NO2/c13-7-3-4-8(15)9(10(7)14)12(11(16)17)5-1-2-6-12/h3-4H,1-2,5-6,15H2,(H,16,17). The second-order valence-electron chi connectivity index (χ2n) is 4.42. The van der Waals surface area contributed by atoms with E-state index >= 15 is 0 Å². The van der Waals surface area contributed by atoms with Crippen LogP contribution in [0.25, 0.3) is 0 Å². The number of carboxylic acid groups (broad SMARTS) is 1. The van der Waals surface area contributed by atoms with Gasteiger partial charge in [0.25, 0.3) is 0 Å². The van der Waals surface area contributed by atoms with Crippen molar-refractivity contribution in [2.75, 3.05) is 5.73 Å². The molecule has 1 saturated carbocycles. The van der Waals surface area contributed by atoms with Gasteiger partial charge in [-0.2, -0.15) is 0 Å². The Hall–Kier alpha value is -1.65. The average molecular weight is 241 g/mol. The molecule has 0 aliphatic heterocycles. The Morgan fingerprint density at radius 1 is 1.29 bits per heavy atom. The first-order valence-corrected chi connectivity index (χ1v) is 5.46. The van der Waals surface area contributed by atoms with Gasteiger partial charge in [-0.25, -0.2) is 8.78 Å². The molecule has 0 bridgehead atoms. The first kappa shape index (κ1) is 11.8. The van der Waals surface area contributed by atoms with Crippen molar-refractivity contribution >= 4 is 11.7 Å². The second-order valence-corrected chi connectivity index (χ2v) is 4.42. The number of benzene rings is 1. The van der Waals surface area contributed by atoms with Crippen LogP contribution >= 0.6 is 0 Å². The molecule has 17 heavy (non-hydrogen) atoms. The largest absolute Gasteiger partial charge is 0.481 e. The zero-order valence-electron chi connectivity index (χ0n) is 9.17. The average Bonchev–Trinajstić information content (AvgIpc) is 2.74. The molecule has 2 rings (SSSR count). The fraction of sp³-hybridized carbons (Fsp3) is 0.417. The lowest BCUT2D eigenvalue weighted by atomic mass is 9.77. The summed E-state index contributed by atoms with van der Waals surface area (Å²) >= 11 is 0. The molecule has 0 radical (unpaired) electrons. The minimum Gasteiger partial charge on any atom is -0.481 e. The number of carboxylic acids is 1. The normalized spacial score (nSPS) is 18.2. The lowest BCUT2D eigenvalue weighted by Crippen LogP contribution is -2.34. The smallest absolute Gasteiger partial charge is 0.314 e. The van der Waals surface area contributed by atoms with Crippen LogP contribution in [0.4, 0.5) is 14.5 Å². The topological polar surface area (TPSA) is 63.3 Å². The monoisotopic (exact) mass is 241 g/mol. The molecule has 0 saturated heterocycles.